The van der Waals surface area contributed by atoms with Gasteiger partial charge in [0, 0.05) is 6.04 Å². The van der Waals surface area contributed by atoms with Gasteiger partial charge < -0.3 is 47.8 Å². The SMILES string of the molecule is NCCC[Si](O)O[Si](O)(O)O[Si](O)(CCCN)O[Si]O.[PdH2]. The van der Waals surface area contributed by atoms with Crippen molar-refractivity contribution in [1.29, 1.82) is 0 Å². The molecular formula is C6H23N2O8PdSi4. The molecule has 3 radical (unpaired) electrons. The summed E-state index contributed by atoms with van der Waals surface area (Å²) >= 11 is 0. The van der Waals surface area contributed by atoms with Gasteiger partial charge in [0.1, 0.15) is 0 Å². The Morgan fingerprint density at radius 1 is 1.10 bits per heavy atom. The summed E-state index contributed by atoms with van der Waals surface area (Å²) < 4.78 is 14.1. The summed E-state index contributed by atoms with van der Waals surface area (Å²) in [5.74, 6) is 0. The minimum absolute atomic E-state index is 0. The Hall–Kier alpha value is 1.13. The summed E-state index contributed by atoms with van der Waals surface area (Å²) in [6.07, 6.45) is 0.764. The van der Waals surface area contributed by atoms with Crippen molar-refractivity contribution in [2.45, 2.75) is 24.9 Å². The fraction of sp³-hybridized carbons (Fsp3) is 1.00. The van der Waals surface area contributed by atoms with Crippen LogP contribution in [0.15, 0.2) is 0 Å². The molecule has 0 amide bonds. The van der Waals surface area contributed by atoms with Gasteiger partial charge in [0.15, 0.2) is 0 Å². The third-order valence-corrected chi connectivity index (χ3v) is 9.79. The molecule has 0 aromatic rings. The summed E-state index contributed by atoms with van der Waals surface area (Å²) in [6, 6.07) is 0.123. The van der Waals surface area contributed by atoms with Gasteiger partial charge in [-0.15, -0.1) is 0 Å². The monoisotopic (exact) mass is 469 g/mol. The van der Waals surface area contributed by atoms with E-state index in [4.69, 9.17) is 20.4 Å². The number of rotatable bonds is 12. The Morgan fingerprint density at radius 2 is 1.67 bits per heavy atom. The van der Waals surface area contributed by atoms with Crippen LogP contribution in [0, 0.1) is 0 Å². The van der Waals surface area contributed by atoms with Gasteiger partial charge in [-0.3, -0.25) is 0 Å². The van der Waals surface area contributed by atoms with E-state index in [-0.39, 0.29) is 39.1 Å². The van der Waals surface area contributed by atoms with E-state index >= 15 is 0 Å². The van der Waals surface area contributed by atoms with Gasteiger partial charge in [-0.25, -0.2) is 0 Å². The first kappa shape index (κ1) is 24.4. The first-order valence-corrected chi connectivity index (χ1v) is 12.0. The summed E-state index contributed by atoms with van der Waals surface area (Å²) in [5, 5.41) is 0. The molecule has 0 spiro atoms. The molecule has 0 rings (SSSR count). The van der Waals surface area contributed by atoms with Crippen molar-refractivity contribution in [3.8, 4) is 0 Å². The molecule has 0 saturated heterocycles. The van der Waals surface area contributed by atoms with Crippen LogP contribution in [0.2, 0.25) is 12.1 Å². The van der Waals surface area contributed by atoms with Gasteiger partial charge in [-0.1, -0.05) is 0 Å². The average Bonchev–Trinajstić information content (AvgIpc) is 2.32. The third kappa shape index (κ3) is 12.2. The molecule has 1 atom stereocenters. The molecule has 0 aromatic carbocycles. The van der Waals surface area contributed by atoms with Crippen LogP contribution >= 0.6 is 0 Å². The Morgan fingerprint density at radius 3 is 2.14 bits per heavy atom. The maximum atomic E-state index is 10.00. The van der Waals surface area contributed by atoms with Crippen LogP contribution in [0.25, 0.3) is 0 Å². The van der Waals surface area contributed by atoms with Crippen molar-refractivity contribution >= 4 is 37.1 Å². The topological polar surface area (TPSA) is 181 Å². The fourth-order valence-electron chi connectivity index (χ4n) is 1.21. The van der Waals surface area contributed by atoms with Crippen LogP contribution in [0.1, 0.15) is 12.8 Å². The Kier molecular flexibility index (Phi) is 14.6. The molecule has 0 heterocycles. The van der Waals surface area contributed by atoms with E-state index in [0.717, 1.165) is 0 Å². The van der Waals surface area contributed by atoms with Gasteiger partial charge in [0.05, 0.1) is 0 Å². The predicted molar refractivity (Wildman–Crippen MR) is 77.1 cm³/mol. The van der Waals surface area contributed by atoms with E-state index in [1.165, 1.54) is 0 Å². The molecule has 21 heavy (non-hydrogen) atoms. The zero-order chi connectivity index (χ0) is 15.6. The zero-order valence-corrected chi connectivity index (χ0v) is 16.9. The minimum atomic E-state index is -4.75. The third-order valence-electron chi connectivity index (χ3n) is 2.04. The number of nitrogens with two attached hydrogens (primary N) is 2. The molecule has 0 aliphatic carbocycles. The molecule has 0 aliphatic rings. The molecule has 0 saturated carbocycles. The van der Waals surface area contributed by atoms with Gasteiger partial charge >= 0.3 is 57.6 Å². The Labute approximate surface area is 143 Å². The predicted octanol–water partition coefficient (Wildman–Crippen LogP) is -4.45. The van der Waals surface area contributed by atoms with E-state index in [0.29, 0.717) is 19.4 Å². The van der Waals surface area contributed by atoms with Crippen LogP contribution in [0.3, 0.4) is 0 Å². The molecule has 131 valence electrons. The summed E-state index contributed by atoms with van der Waals surface area (Å²) in [6.45, 7) is 0.558. The second kappa shape index (κ2) is 12.5. The van der Waals surface area contributed by atoms with Crippen molar-refractivity contribution in [3.63, 3.8) is 0 Å². The number of hydrogen-bond acceptors (Lipinski definition) is 10. The van der Waals surface area contributed by atoms with Crippen LogP contribution < -0.4 is 11.5 Å². The molecule has 15 heteroatoms. The van der Waals surface area contributed by atoms with Crippen molar-refractivity contribution in [2.24, 2.45) is 11.5 Å². The van der Waals surface area contributed by atoms with Crippen molar-refractivity contribution in [1.82, 2.24) is 0 Å². The molecule has 9 N–H and O–H groups in total. The second-order valence-corrected chi connectivity index (χ2v) is 10.8. The average molecular weight is 470 g/mol. The van der Waals surface area contributed by atoms with E-state index in [9.17, 15) is 19.2 Å². The number of hydrogen-bond donors (Lipinski definition) is 7. The molecule has 0 bridgehead atoms. The first-order valence-electron chi connectivity index (χ1n) is 5.87. The summed E-state index contributed by atoms with van der Waals surface area (Å²) in [7, 11) is -12.3. The van der Waals surface area contributed by atoms with E-state index in [1.54, 1.807) is 0 Å². The van der Waals surface area contributed by atoms with Gasteiger partial charge in [0.2, 0.25) is 0 Å². The zero-order valence-electron chi connectivity index (χ0n) is 11.2. The molecular weight excluding hydrogens is 447 g/mol. The van der Waals surface area contributed by atoms with Crippen LogP contribution in [0.5, 0.6) is 0 Å². The standard InChI is InChI=1S/C6H21N2O8Si4.Pd.2H/c7-3-1-5-18(10)15-20(12,13)16-19(11,14-17-9)6-2-4-8;;;/h9-13H,1-8H2;;;. The Balaban J connectivity index is 0. The fourth-order valence-corrected chi connectivity index (χ4v) is 8.13. The van der Waals surface area contributed by atoms with Crippen LogP contribution in [-0.2, 0) is 32.8 Å². The van der Waals surface area contributed by atoms with Gasteiger partial charge in [-0.2, -0.15) is 0 Å². The van der Waals surface area contributed by atoms with E-state index in [1.807, 2.05) is 0 Å². The Bertz CT molecular complexity index is 271. The summed E-state index contributed by atoms with van der Waals surface area (Å²) in [4.78, 5) is 47.4. The van der Waals surface area contributed by atoms with Crippen molar-refractivity contribution in [2.75, 3.05) is 13.1 Å². The first-order chi connectivity index (χ1) is 9.28. The van der Waals surface area contributed by atoms with E-state index < -0.39 is 37.1 Å². The van der Waals surface area contributed by atoms with E-state index in [2.05, 4.69) is 8.23 Å². The molecule has 0 aromatic heterocycles. The van der Waals surface area contributed by atoms with Gasteiger partial charge in [-0.05, 0) is 32.0 Å². The molecule has 0 fully saturated rings. The van der Waals surface area contributed by atoms with Crippen LogP contribution in [0.4, 0.5) is 0 Å². The second-order valence-electron chi connectivity index (χ2n) is 3.84. The summed E-state index contributed by atoms with van der Waals surface area (Å²) in [5.41, 5.74) is 10.5. The molecule has 1 unspecified atom stereocenters. The molecule has 10 nitrogen and oxygen atoms in total. The molecule has 0 aliphatic heterocycles. The van der Waals surface area contributed by atoms with Crippen LogP contribution in [-0.4, -0.2) is 74.2 Å². The van der Waals surface area contributed by atoms with Gasteiger partial charge in [0.25, 0.3) is 0 Å². The van der Waals surface area contributed by atoms with Crippen molar-refractivity contribution < 1.29 is 56.7 Å². The quantitative estimate of drug-likeness (QED) is 0.138. The van der Waals surface area contributed by atoms with Crippen molar-refractivity contribution in [3.05, 3.63) is 0 Å². The normalized spacial score (nSPS) is 14.9. The maximum absolute atomic E-state index is 10.00.